The molecular weight excluding hydrogens is 330 g/mol. The highest BCUT2D eigenvalue weighted by atomic mass is 32.2. The van der Waals surface area contributed by atoms with Gasteiger partial charge in [-0.25, -0.2) is 8.42 Å². The average molecular weight is 357 g/mol. The maximum atomic E-state index is 13.0. The van der Waals surface area contributed by atoms with Crippen molar-refractivity contribution >= 4 is 10.0 Å². The molecule has 0 unspecified atom stereocenters. The number of benzene rings is 1. The number of piperazine rings is 1. The van der Waals surface area contributed by atoms with E-state index in [1.165, 1.54) is 24.6 Å². The summed E-state index contributed by atoms with van der Waals surface area (Å²) in [4.78, 5) is 4.57. The van der Waals surface area contributed by atoms with E-state index in [1.807, 2.05) is 14.1 Å². The first-order valence-electron chi connectivity index (χ1n) is 7.97. The van der Waals surface area contributed by atoms with Crippen LogP contribution in [0.2, 0.25) is 0 Å². The summed E-state index contributed by atoms with van der Waals surface area (Å²) in [5, 5.41) is 0. The van der Waals surface area contributed by atoms with Crippen molar-refractivity contribution in [1.29, 1.82) is 0 Å². The first kappa shape index (κ1) is 19.0. The summed E-state index contributed by atoms with van der Waals surface area (Å²) in [7, 11) is 3.46. The summed E-state index contributed by atoms with van der Waals surface area (Å²) in [6.45, 7) is 4.35. The molecule has 1 heterocycles. The molecule has 24 heavy (non-hydrogen) atoms. The fourth-order valence-corrected chi connectivity index (χ4v) is 4.25. The Morgan fingerprint density at radius 1 is 1.08 bits per heavy atom. The Labute approximate surface area is 144 Å². The molecular formula is C16H27N3O4S. The number of sulfonamides is 1. The molecule has 0 saturated carbocycles. The van der Waals surface area contributed by atoms with Crippen LogP contribution in [-0.2, 0) is 10.0 Å². The molecule has 0 atom stereocenters. The molecule has 0 radical (unpaired) electrons. The number of methoxy groups -OCH3 is 2. The Kier molecular flexibility index (Phi) is 6.45. The maximum Gasteiger partial charge on any atom is 0.246 e. The lowest BCUT2D eigenvalue weighted by atomic mass is 10.3. The molecule has 1 saturated heterocycles. The van der Waals surface area contributed by atoms with E-state index in [9.17, 15) is 8.42 Å². The zero-order chi connectivity index (χ0) is 17.7. The number of rotatable bonds is 7. The van der Waals surface area contributed by atoms with E-state index in [0.717, 1.165) is 26.2 Å². The molecule has 0 bridgehead atoms. The average Bonchev–Trinajstić information content (AvgIpc) is 2.59. The number of hydrogen-bond donors (Lipinski definition) is 0. The van der Waals surface area contributed by atoms with Gasteiger partial charge in [0.2, 0.25) is 10.0 Å². The van der Waals surface area contributed by atoms with Crippen LogP contribution in [0.4, 0.5) is 0 Å². The number of likely N-dealkylation sites (N-methyl/N-ethyl adjacent to an activating group) is 1. The van der Waals surface area contributed by atoms with Crippen LogP contribution < -0.4 is 9.47 Å². The second kappa shape index (κ2) is 8.15. The summed E-state index contributed by atoms with van der Waals surface area (Å²) in [5.41, 5.74) is 0. The van der Waals surface area contributed by atoms with Gasteiger partial charge in [0, 0.05) is 45.3 Å². The molecule has 136 valence electrons. The van der Waals surface area contributed by atoms with Crippen molar-refractivity contribution in [2.24, 2.45) is 0 Å². The lowest BCUT2D eigenvalue weighted by molar-refractivity contribution is 0.174. The van der Waals surface area contributed by atoms with Crippen molar-refractivity contribution in [1.82, 2.24) is 14.1 Å². The van der Waals surface area contributed by atoms with Crippen molar-refractivity contribution < 1.29 is 17.9 Å². The Morgan fingerprint density at radius 3 is 2.29 bits per heavy atom. The van der Waals surface area contributed by atoms with E-state index in [-0.39, 0.29) is 4.90 Å². The van der Waals surface area contributed by atoms with Crippen LogP contribution in [0.25, 0.3) is 0 Å². The topological polar surface area (TPSA) is 62.3 Å². The summed E-state index contributed by atoms with van der Waals surface area (Å²) >= 11 is 0. The minimum absolute atomic E-state index is 0.158. The van der Waals surface area contributed by atoms with Gasteiger partial charge in [0.25, 0.3) is 0 Å². The van der Waals surface area contributed by atoms with Gasteiger partial charge in [-0.2, -0.15) is 4.31 Å². The van der Waals surface area contributed by atoms with E-state index < -0.39 is 10.0 Å². The van der Waals surface area contributed by atoms with Gasteiger partial charge in [0.05, 0.1) is 14.2 Å². The van der Waals surface area contributed by atoms with Crippen molar-refractivity contribution in [2.75, 3.05) is 67.6 Å². The molecule has 2 rings (SSSR count). The van der Waals surface area contributed by atoms with Gasteiger partial charge < -0.3 is 14.4 Å². The second-order valence-electron chi connectivity index (χ2n) is 6.07. The molecule has 1 fully saturated rings. The van der Waals surface area contributed by atoms with Gasteiger partial charge in [-0.3, -0.25) is 4.90 Å². The molecule has 0 amide bonds. The van der Waals surface area contributed by atoms with Crippen LogP contribution in [0.5, 0.6) is 11.5 Å². The SMILES string of the molecule is COc1ccc(OC)c(S(=O)(=O)N2CCN(CCN(C)C)CC2)c1. The lowest BCUT2D eigenvalue weighted by Gasteiger charge is -2.34. The maximum absolute atomic E-state index is 13.0. The molecule has 1 aromatic carbocycles. The summed E-state index contributed by atoms with van der Waals surface area (Å²) in [6, 6.07) is 4.84. The van der Waals surface area contributed by atoms with Crippen molar-refractivity contribution in [3.05, 3.63) is 18.2 Å². The van der Waals surface area contributed by atoms with E-state index >= 15 is 0 Å². The molecule has 0 spiro atoms. The molecule has 7 nitrogen and oxygen atoms in total. The second-order valence-corrected chi connectivity index (χ2v) is 7.97. The minimum atomic E-state index is -3.60. The molecule has 0 aliphatic carbocycles. The highest BCUT2D eigenvalue weighted by molar-refractivity contribution is 7.89. The summed E-state index contributed by atoms with van der Waals surface area (Å²) in [5.74, 6) is 0.838. The van der Waals surface area contributed by atoms with Crippen LogP contribution in [0, 0.1) is 0 Å². The monoisotopic (exact) mass is 357 g/mol. The predicted octanol–water partition coefficient (Wildman–Crippen LogP) is 0.572. The minimum Gasteiger partial charge on any atom is -0.497 e. The van der Waals surface area contributed by atoms with Crippen LogP contribution in [0.15, 0.2) is 23.1 Å². The summed E-state index contributed by atoms with van der Waals surface area (Å²) in [6.07, 6.45) is 0. The molecule has 8 heteroatoms. The molecule has 1 aromatic rings. The third-order valence-corrected chi connectivity index (χ3v) is 6.10. The molecule has 0 aromatic heterocycles. The van der Waals surface area contributed by atoms with Crippen molar-refractivity contribution in [3.8, 4) is 11.5 Å². The van der Waals surface area contributed by atoms with Crippen LogP contribution in [0.3, 0.4) is 0 Å². The van der Waals surface area contributed by atoms with E-state index in [2.05, 4.69) is 9.80 Å². The van der Waals surface area contributed by atoms with Gasteiger partial charge in [-0.15, -0.1) is 0 Å². The lowest BCUT2D eigenvalue weighted by Crippen LogP contribution is -2.49. The first-order chi connectivity index (χ1) is 11.4. The van der Waals surface area contributed by atoms with Gasteiger partial charge in [0.1, 0.15) is 16.4 Å². The highest BCUT2D eigenvalue weighted by Gasteiger charge is 2.31. The normalized spacial score (nSPS) is 17.2. The smallest absolute Gasteiger partial charge is 0.246 e. The third kappa shape index (κ3) is 4.38. The van der Waals surface area contributed by atoms with Gasteiger partial charge in [-0.1, -0.05) is 0 Å². The van der Waals surface area contributed by atoms with E-state index in [4.69, 9.17) is 9.47 Å². The van der Waals surface area contributed by atoms with Crippen LogP contribution in [-0.4, -0.2) is 90.1 Å². The van der Waals surface area contributed by atoms with E-state index in [0.29, 0.717) is 24.6 Å². The first-order valence-corrected chi connectivity index (χ1v) is 9.41. The van der Waals surface area contributed by atoms with Crippen LogP contribution in [0.1, 0.15) is 0 Å². The fourth-order valence-electron chi connectivity index (χ4n) is 2.66. The Hall–Kier alpha value is -1.35. The standard InChI is InChI=1S/C16H27N3O4S/c1-17(2)7-8-18-9-11-19(12-10-18)24(20,21)16-13-14(22-3)5-6-15(16)23-4/h5-6,13H,7-12H2,1-4H3. The zero-order valence-corrected chi connectivity index (χ0v) is 15.7. The molecule has 0 N–H and O–H groups in total. The largest absolute Gasteiger partial charge is 0.497 e. The van der Waals surface area contributed by atoms with Gasteiger partial charge in [0.15, 0.2) is 0 Å². The third-order valence-electron chi connectivity index (χ3n) is 4.18. The zero-order valence-electron chi connectivity index (χ0n) is 14.9. The summed E-state index contributed by atoms with van der Waals surface area (Å²) < 4.78 is 37.9. The van der Waals surface area contributed by atoms with Crippen LogP contribution >= 0.6 is 0 Å². The molecule has 1 aliphatic rings. The highest BCUT2D eigenvalue weighted by Crippen LogP contribution is 2.30. The van der Waals surface area contributed by atoms with Gasteiger partial charge in [-0.05, 0) is 26.2 Å². The quantitative estimate of drug-likeness (QED) is 0.711. The Bertz CT molecular complexity index is 641. The Balaban J connectivity index is 2.12. The number of ether oxygens (including phenoxy) is 2. The van der Waals surface area contributed by atoms with Gasteiger partial charge >= 0.3 is 0 Å². The Morgan fingerprint density at radius 2 is 1.75 bits per heavy atom. The fraction of sp³-hybridized carbons (Fsp3) is 0.625. The number of hydrogen-bond acceptors (Lipinski definition) is 6. The predicted molar refractivity (Wildman–Crippen MR) is 93.3 cm³/mol. The number of nitrogens with zero attached hydrogens (tertiary/aromatic N) is 3. The van der Waals surface area contributed by atoms with Crippen molar-refractivity contribution in [3.63, 3.8) is 0 Å². The van der Waals surface area contributed by atoms with E-state index in [1.54, 1.807) is 12.1 Å². The molecule has 1 aliphatic heterocycles. The van der Waals surface area contributed by atoms with Crippen molar-refractivity contribution in [2.45, 2.75) is 4.90 Å².